The van der Waals surface area contributed by atoms with Crippen molar-refractivity contribution in [2.75, 3.05) is 18.0 Å². The number of aromatic amines is 1. The van der Waals surface area contributed by atoms with E-state index in [1.54, 1.807) is 17.7 Å². The summed E-state index contributed by atoms with van der Waals surface area (Å²) in [7, 11) is 1.60. The molecule has 0 spiro atoms. The van der Waals surface area contributed by atoms with Crippen molar-refractivity contribution in [1.29, 1.82) is 0 Å². The molecule has 0 aliphatic rings. The summed E-state index contributed by atoms with van der Waals surface area (Å²) in [6.45, 7) is 9.75. The normalized spacial score (nSPS) is 10.9. The quantitative estimate of drug-likeness (QED) is 0.805. The first-order valence-corrected chi connectivity index (χ1v) is 6.60. The number of fused-ring (bicyclic) bond motifs is 1. The molecule has 108 valence electrons. The topological polar surface area (TPSA) is 75.9 Å². The van der Waals surface area contributed by atoms with Gasteiger partial charge >= 0.3 is 5.69 Å². The Morgan fingerprint density at radius 1 is 1.35 bits per heavy atom. The van der Waals surface area contributed by atoms with Crippen molar-refractivity contribution in [3.05, 3.63) is 33.5 Å². The molecule has 0 aliphatic carbocycles. The van der Waals surface area contributed by atoms with Gasteiger partial charge in [0.15, 0.2) is 11.2 Å². The van der Waals surface area contributed by atoms with Crippen LogP contribution in [0.15, 0.2) is 22.2 Å². The molecule has 2 aromatic heterocycles. The van der Waals surface area contributed by atoms with Crippen molar-refractivity contribution >= 4 is 17.1 Å². The number of aromatic nitrogens is 4. The fourth-order valence-electron chi connectivity index (χ4n) is 2.27. The Balaban J connectivity index is 2.89. The highest BCUT2D eigenvalue weighted by molar-refractivity contribution is 5.74. The lowest BCUT2D eigenvalue weighted by atomic mass is 10.5. The highest BCUT2D eigenvalue weighted by Crippen LogP contribution is 2.19. The van der Waals surface area contributed by atoms with Gasteiger partial charge in [-0.15, -0.1) is 6.58 Å². The monoisotopic (exact) mass is 277 g/mol. The standard InChI is InChI=1S/C13H19N5O2/c1-5-8-18-9-10(14-12(18)17(6-2)7-3)16(4)13(20)15-11(9)19/h5H,1,6-8H2,2-4H3,(H,15,19,20). The van der Waals surface area contributed by atoms with E-state index in [9.17, 15) is 9.59 Å². The smallest absolute Gasteiger partial charge is 0.329 e. The number of nitrogens with zero attached hydrogens (tertiary/aromatic N) is 4. The molecule has 2 aromatic rings. The summed E-state index contributed by atoms with van der Waals surface area (Å²) < 4.78 is 3.14. The van der Waals surface area contributed by atoms with E-state index in [0.29, 0.717) is 23.7 Å². The maximum absolute atomic E-state index is 12.1. The van der Waals surface area contributed by atoms with Crippen LogP contribution in [0, 0.1) is 0 Å². The van der Waals surface area contributed by atoms with Crippen LogP contribution in [-0.2, 0) is 13.6 Å². The Kier molecular flexibility index (Phi) is 3.78. The first kappa shape index (κ1) is 14.1. The van der Waals surface area contributed by atoms with Gasteiger partial charge in [0.25, 0.3) is 5.56 Å². The van der Waals surface area contributed by atoms with Gasteiger partial charge in [-0.2, -0.15) is 4.98 Å². The van der Waals surface area contributed by atoms with Gasteiger partial charge in [-0.05, 0) is 13.8 Å². The molecule has 0 radical (unpaired) electrons. The van der Waals surface area contributed by atoms with Crippen LogP contribution in [0.3, 0.4) is 0 Å². The SMILES string of the molecule is C=CCn1c(N(CC)CC)nc2c1c(=O)[nH]c(=O)n2C. The second-order valence-corrected chi connectivity index (χ2v) is 4.47. The zero-order valence-electron chi connectivity index (χ0n) is 12.0. The summed E-state index contributed by atoms with van der Waals surface area (Å²) in [5, 5.41) is 0. The van der Waals surface area contributed by atoms with Gasteiger partial charge in [0, 0.05) is 26.7 Å². The molecule has 7 heteroatoms. The Bertz CT molecular complexity index is 748. The van der Waals surface area contributed by atoms with Crippen LogP contribution in [0.1, 0.15) is 13.8 Å². The zero-order valence-corrected chi connectivity index (χ0v) is 12.0. The fraction of sp³-hybridized carbons (Fsp3) is 0.462. The third-order valence-corrected chi connectivity index (χ3v) is 3.34. The number of H-pyrrole nitrogens is 1. The lowest BCUT2D eigenvalue weighted by molar-refractivity contribution is 0.754. The van der Waals surface area contributed by atoms with Crippen molar-refractivity contribution in [3.63, 3.8) is 0 Å². The molecule has 7 nitrogen and oxygen atoms in total. The van der Waals surface area contributed by atoms with Crippen LogP contribution in [-0.4, -0.2) is 32.2 Å². The van der Waals surface area contributed by atoms with Crippen molar-refractivity contribution in [2.45, 2.75) is 20.4 Å². The van der Waals surface area contributed by atoms with Crippen LogP contribution in [0.4, 0.5) is 5.95 Å². The third kappa shape index (κ3) is 2.04. The van der Waals surface area contributed by atoms with E-state index in [1.165, 1.54) is 4.57 Å². The van der Waals surface area contributed by atoms with Crippen molar-refractivity contribution in [1.82, 2.24) is 19.1 Å². The highest BCUT2D eigenvalue weighted by Gasteiger charge is 2.19. The minimum absolute atomic E-state index is 0.391. The maximum atomic E-state index is 12.1. The Morgan fingerprint density at radius 2 is 2.00 bits per heavy atom. The Labute approximate surface area is 116 Å². The second-order valence-electron chi connectivity index (χ2n) is 4.47. The van der Waals surface area contributed by atoms with E-state index < -0.39 is 11.2 Å². The number of allylic oxidation sites excluding steroid dienone is 1. The third-order valence-electron chi connectivity index (χ3n) is 3.34. The molecule has 0 fully saturated rings. The largest absolute Gasteiger partial charge is 0.343 e. The number of imidazole rings is 1. The van der Waals surface area contributed by atoms with E-state index in [0.717, 1.165) is 13.1 Å². The first-order chi connectivity index (χ1) is 9.54. The molecule has 0 bridgehead atoms. The van der Waals surface area contributed by atoms with Gasteiger partial charge in [0.05, 0.1) is 0 Å². The van der Waals surface area contributed by atoms with Gasteiger partial charge < -0.3 is 9.47 Å². The average Bonchev–Trinajstić information content (AvgIpc) is 2.79. The number of anilines is 1. The minimum atomic E-state index is -0.461. The van der Waals surface area contributed by atoms with E-state index >= 15 is 0 Å². The first-order valence-electron chi connectivity index (χ1n) is 6.60. The summed E-state index contributed by atoms with van der Waals surface area (Å²) in [4.78, 5) is 32.6. The molecule has 1 N–H and O–H groups in total. The summed E-state index contributed by atoms with van der Waals surface area (Å²) in [6.07, 6.45) is 1.71. The van der Waals surface area contributed by atoms with Gasteiger partial charge in [0.2, 0.25) is 5.95 Å². The van der Waals surface area contributed by atoms with Crippen molar-refractivity contribution in [3.8, 4) is 0 Å². The number of aryl methyl sites for hydroxylation is 1. The van der Waals surface area contributed by atoms with Gasteiger partial charge in [-0.1, -0.05) is 6.08 Å². The summed E-state index contributed by atoms with van der Waals surface area (Å²) in [5.74, 6) is 0.677. The van der Waals surface area contributed by atoms with Gasteiger partial charge in [-0.25, -0.2) is 4.79 Å². The summed E-state index contributed by atoms with van der Waals surface area (Å²) in [6, 6.07) is 0. The van der Waals surface area contributed by atoms with E-state index in [-0.39, 0.29) is 0 Å². The van der Waals surface area contributed by atoms with Crippen LogP contribution in [0.2, 0.25) is 0 Å². The molecule has 0 unspecified atom stereocenters. The minimum Gasteiger partial charge on any atom is -0.343 e. The van der Waals surface area contributed by atoms with Crippen LogP contribution in [0.25, 0.3) is 11.2 Å². The Morgan fingerprint density at radius 3 is 2.55 bits per heavy atom. The molecule has 0 aliphatic heterocycles. The molecule has 2 heterocycles. The lowest BCUT2D eigenvalue weighted by Gasteiger charge is -2.20. The average molecular weight is 277 g/mol. The van der Waals surface area contributed by atoms with Crippen LogP contribution in [0.5, 0.6) is 0 Å². The molecule has 20 heavy (non-hydrogen) atoms. The van der Waals surface area contributed by atoms with Crippen molar-refractivity contribution in [2.24, 2.45) is 7.05 Å². The maximum Gasteiger partial charge on any atom is 0.329 e. The number of hydrogen-bond donors (Lipinski definition) is 1. The molecule has 0 atom stereocenters. The van der Waals surface area contributed by atoms with E-state index in [2.05, 4.69) is 16.5 Å². The molecular weight excluding hydrogens is 258 g/mol. The predicted molar refractivity (Wildman–Crippen MR) is 79.4 cm³/mol. The lowest BCUT2D eigenvalue weighted by Crippen LogP contribution is -2.29. The molecule has 0 amide bonds. The molecule has 0 saturated heterocycles. The molecule has 0 aromatic carbocycles. The van der Waals surface area contributed by atoms with Gasteiger partial charge in [0.1, 0.15) is 0 Å². The second kappa shape index (κ2) is 5.36. The summed E-state index contributed by atoms with van der Waals surface area (Å²) in [5.41, 5.74) is -0.0934. The zero-order chi connectivity index (χ0) is 14.9. The molecular formula is C13H19N5O2. The number of hydrogen-bond acceptors (Lipinski definition) is 4. The van der Waals surface area contributed by atoms with Crippen molar-refractivity contribution < 1.29 is 0 Å². The predicted octanol–water partition coefficient (Wildman–Crippen LogP) is 0.455. The highest BCUT2D eigenvalue weighted by atomic mass is 16.2. The van der Waals surface area contributed by atoms with E-state index in [4.69, 9.17) is 0 Å². The van der Waals surface area contributed by atoms with Crippen LogP contribution >= 0.6 is 0 Å². The fourth-order valence-corrected chi connectivity index (χ4v) is 2.27. The molecule has 2 rings (SSSR count). The molecule has 0 saturated carbocycles. The Hall–Kier alpha value is -2.31. The van der Waals surface area contributed by atoms with E-state index in [1.807, 2.05) is 18.7 Å². The number of rotatable bonds is 5. The summed E-state index contributed by atoms with van der Waals surface area (Å²) >= 11 is 0. The number of nitrogens with one attached hydrogen (secondary N) is 1. The van der Waals surface area contributed by atoms with Gasteiger partial charge in [-0.3, -0.25) is 14.3 Å². The van der Waals surface area contributed by atoms with Crippen LogP contribution < -0.4 is 16.1 Å².